The predicted octanol–water partition coefficient (Wildman–Crippen LogP) is 3.15. The second kappa shape index (κ2) is 8.27. The zero-order valence-corrected chi connectivity index (χ0v) is 13.5. The van der Waals surface area contributed by atoms with Gasteiger partial charge >= 0.3 is 0 Å². The van der Waals surface area contributed by atoms with Crippen molar-refractivity contribution in [2.24, 2.45) is 0 Å². The lowest BCUT2D eigenvalue weighted by Gasteiger charge is -2.19. The van der Waals surface area contributed by atoms with Gasteiger partial charge in [-0.25, -0.2) is 0 Å². The first kappa shape index (κ1) is 16.1. The minimum atomic E-state index is 0.586. The predicted molar refractivity (Wildman–Crippen MR) is 83.0 cm³/mol. The molecular weight excluding hydrogens is 308 g/mol. The van der Waals surface area contributed by atoms with Gasteiger partial charge in [0.05, 0.1) is 11.1 Å². The molecule has 0 fully saturated rings. The molecule has 0 amide bonds. The van der Waals surface area contributed by atoms with E-state index in [1.54, 1.807) is 6.07 Å². The summed E-state index contributed by atoms with van der Waals surface area (Å²) in [4.78, 5) is 2.31. The van der Waals surface area contributed by atoms with Gasteiger partial charge in [0.2, 0.25) is 0 Å². The molecule has 0 spiro atoms. The van der Waals surface area contributed by atoms with Gasteiger partial charge < -0.3 is 20.1 Å². The van der Waals surface area contributed by atoms with Gasteiger partial charge in [-0.2, -0.15) is 0 Å². The fourth-order valence-corrected chi connectivity index (χ4v) is 2.38. The highest BCUT2D eigenvalue weighted by Gasteiger charge is 2.11. The van der Waals surface area contributed by atoms with Crippen LogP contribution in [0.25, 0.3) is 0 Å². The first-order valence-electron chi connectivity index (χ1n) is 6.69. The summed E-state index contributed by atoms with van der Waals surface area (Å²) in [5.41, 5.74) is 6.46. The molecule has 1 aromatic rings. The van der Waals surface area contributed by atoms with E-state index < -0.39 is 0 Å². The summed E-state index contributed by atoms with van der Waals surface area (Å²) < 4.78 is 12.2. The molecule has 0 atom stereocenters. The zero-order chi connectivity index (χ0) is 14.3. The van der Waals surface area contributed by atoms with Gasteiger partial charge in [-0.1, -0.05) is 13.8 Å². The van der Waals surface area contributed by atoms with Crippen LogP contribution >= 0.6 is 15.9 Å². The quantitative estimate of drug-likeness (QED) is 0.744. The van der Waals surface area contributed by atoms with Crippen molar-refractivity contribution >= 4 is 21.6 Å². The SMILES string of the molecule is CCOc1cc(N)cc(Br)c1OCCN(CC)CC. The number of ether oxygens (including phenoxy) is 2. The normalized spacial score (nSPS) is 10.8. The number of benzene rings is 1. The van der Waals surface area contributed by atoms with Gasteiger partial charge in [-0.05, 0) is 42.0 Å². The third-order valence-electron chi connectivity index (χ3n) is 2.88. The van der Waals surface area contributed by atoms with E-state index in [2.05, 4.69) is 34.7 Å². The molecule has 19 heavy (non-hydrogen) atoms. The molecule has 0 radical (unpaired) electrons. The smallest absolute Gasteiger partial charge is 0.175 e. The van der Waals surface area contributed by atoms with Crippen LogP contribution in [0.1, 0.15) is 20.8 Å². The van der Waals surface area contributed by atoms with Crippen LogP contribution in [-0.4, -0.2) is 37.7 Å². The minimum absolute atomic E-state index is 0.586. The van der Waals surface area contributed by atoms with E-state index in [0.717, 1.165) is 29.9 Å². The van der Waals surface area contributed by atoms with Gasteiger partial charge in [0.1, 0.15) is 6.61 Å². The summed E-state index contributed by atoms with van der Waals surface area (Å²) in [6.45, 7) is 10.4. The number of nitrogens with two attached hydrogens (primary N) is 1. The molecule has 0 aliphatic rings. The molecule has 0 aromatic heterocycles. The van der Waals surface area contributed by atoms with E-state index in [1.165, 1.54) is 0 Å². The average Bonchev–Trinajstić information content (AvgIpc) is 2.37. The Morgan fingerprint density at radius 2 is 1.84 bits per heavy atom. The number of rotatable bonds is 8. The molecule has 0 saturated heterocycles. The molecule has 108 valence electrons. The largest absolute Gasteiger partial charge is 0.490 e. The second-order valence-electron chi connectivity index (χ2n) is 4.14. The molecule has 0 unspecified atom stereocenters. The van der Waals surface area contributed by atoms with Crippen LogP contribution in [0, 0.1) is 0 Å². The summed E-state index contributed by atoms with van der Waals surface area (Å²) in [7, 11) is 0. The Balaban J connectivity index is 2.71. The average molecular weight is 331 g/mol. The van der Waals surface area contributed by atoms with E-state index in [-0.39, 0.29) is 0 Å². The van der Waals surface area contributed by atoms with E-state index in [9.17, 15) is 0 Å². The molecule has 1 rings (SSSR count). The summed E-state index contributed by atoms with van der Waals surface area (Å²) in [6, 6.07) is 3.62. The molecule has 0 aliphatic heterocycles. The van der Waals surface area contributed by atoms with Crippen LogP contribution in [0.15, 0.2) is 16.6 Å². The Bertz CT molecular complexity index is 395. The standard InChI is InChI=1S/C14H23BrN2O2/c1-4-17(5-2)7-8-19-14-12(15)9-11(16)10-13(14)18-6-3/h9-10H,4-8,16H2,1-3H3. The first-order valence-corrected chi connectivity index (χ1v) is 7.48. The number of hydrogen-bond donors (Lipinski definition) is 1. The van der Waals surface area contributed by atoms with Crippen molar-refractivity contribution < 1.29 is 9.47 Å². The molecule has 2 N–H and O–H groups in total. The molecule has 0 saturated carbocycles. The van der Waals surface area contributed by atoms with Crippen LogP contribution in [0.2, 0.25) is 0 Å². The molecule has 0 bridgehead atoms. The van der Waals surface area contributed by atoms with Gasteiger partial charge in [-0.3, -0.25) is 0 Å². The Labute approximate surface area is 124 Å². The number of halogens is 1. The summed E-state index contributed by atoms with van der Waals surface area (Å²) >= 11 is 3.47. The Hall–Kier alpha value is -0.940. The van der Waals surface area contributed by atoms with Gasteiger partial charge in [0.15, 0.2) is 11.5 Å². The fourth-order valence-electron chi connectivity index (χ4n) is 1.81. The van der Waals surface area contributed by atoms with E-state index in [1.807, 2.05) is 13.0 Å². The summed E-state index contributed by atoms with van der Waals surface area (Å²) in [5.74, 6) is 1.41. The van der Waals surface area contributed by atoms with Gasteiger partial charge in [-0.15, -0.1) is 0 Å². The highest BCUT2D eigenvalue weighted by molar-refractivity contribution is 9.10. The molecule has 0 heterocycles. The third-order valence-corrected chi connectivity index (χ3v) is 3.47. The number of nitrogen functional groups attached to an aromatic ring is 1. The van der Waals surface area contributed by atoms with E-state index >= 15 is 0 Å². The first-order chi connectivity index (χ1) is 9.12. The van der Waals surface area contributed by atoms with Gasteiger partial charge in [0, 0.05) is 18.3 Å². The van der Waals surface area contributed by atoms with Gasteiger partial charge in [0.25, 0.3) is 0 Å². The Morgan fingerprint density at radius 1 is 1.16 bits per heavy atom. The molecule has 0 aliphatic carbocycles. The third kappa shape index (κ3) is 4.91. The van der Waals surface area contributed by atoms with Crippen molar-refractivity contribution in [2.75, 3.05) is 38.6 Å². The van der Waals surface area contributed by atoms with Crippen LogP contribution < -0.4 is 15.2 Å². The molecular formula is C14H23BrN2O2. The van der Waals surface area contributed by atoms with Crippen LogP contribution in [0.4, 0.5) is 5.69 Å². The Kier molecular flexibility index (Phi) is 7.02. The lowest BCUT2D eigenvalue weighted by atomic mass is 10.3. The molecule has 5 heteroatoms. The number of likely N-dealkylation sites (N-methyl/N-ethyl adjacent to an activating group) is 1. The van der Waals surface area contributed by atoms with Crippen molar-refractivity contribution in [1.29, 1.82) is 0 Å². The van der Waals surface area contributed by atoms with Crippen molar-refractivity contribution in [3.63, 3.8) is 0 Å². The van der Waals surface area contributed by atoms with Crippen LogP contribution in [0.5, 0.6) is 11.5 Å². The molecule has 4 nitrogen and oxygen atoms in total. The number of hydrogen-bond acceptors (Lipinski definition) is 4. The lowest BCUT2D eigenvalue weighted by Crippen LogP contribution is -2.28. The van der Waals surface area contributed by atoms with E-state index in [0.29, 0.717) is 24.7 Å². The van der Waals surface area contributed by atoms with Crippen molar-refractivity contribution in [1.82, 2.24) is 4.90 Å². The van der Waals surface area contributed by atoms with Crippen molar-refractivity contribution in [3.05, 3.63) is 16.6 Å². The summed E-state index contributed by atoms with van der Waals surface area (Å²) in [5, 5.41) is 0. The maximum atomic E-state index is 5.84. The maximum absolute atomic E-state index is 5.84. The summed E-state index contributed by atoms with van der Waals surface area (Å²) in [6.07, 6.45) is 0. The van der Waals surface area contributed by atoms with Crippen LogP contribution in [-0.2, 0) is 0 Å². The molecule has 1 aromatic carbocycles. The maximum Gasteiger partial charge on any atom is 0.175 e. The zero-order valence-electron chi connectivity index (χ0n) is 11.9. The highest BCUT2D eigenvalue weighted by atomic mass is 79.9. The topological polar surface area (TPSA) is 47.7 Å². The van der Waals surface area contributed by atoms with E-state index in [4.69, 9.17) is 15.2 Å². The van der Waals surface area contributed by atoms with Crippen molar-refractivity contribution in [3.8, 4) is 11.5 Å². The van der Waals surface area contributed by atoms with Crippen LogP contribution in [0.3, 0.4) is 0 Å². The minimum Gasteiger partial charge on any atom is -0.490 e. The monoisotopic (exact) mass is 330 g/mol. The fraction of sp³-hybridized carbons (Fsp3) is 0.571. The Morgan fingerprint density at radius 3 is 2.42 bits per heavy atom. The van der Waals surface area contributed by atoms with Crippen molar-refractivity contribution in [2.45, 2.75) is 20.8 Å². The second-order valence-corrected chi connectivity index (χ2v) is 4.99. The lowest BCUT2D eigenvalue weighted by molar-refractivity contribution is 0.213. The number of nitrogens with zero attached hydrogens (tertiary/aromatic N) is 1. The highest BCUT2D eigenvalue weighted by Crippen LogP contribution is 2.37. The number of anilines is 1.